The van der Waals surface area contributed by atoms with Crippen LogP contribution in [-0.2, 0) is 10.2 Å². The zero-order chi connectivity index (χ0) is 17.6. The summed E-state index contributed by atoms with van der Waals surface area (Å²) < 4.78 is 19.4. The molecule has 1 aromatic carbocycles. The second-order valence-electron chi connectivity index (χ2n) is 7.03. The number of hydrogen-bond acceptors (Lipinski definition) is 3. The molecule has 1 aliphatic carbocycles. The number of halogens is 1. The van der Waals surface area contributed by atoms with Gasteiger partial charge in [-0.25, -0.2) is 4.39 Å². The first-order valence-corrected chi connectivity index (χ1v) is 8.63. The van der Waals surface area contributed by atoms with Gasteiger partial charge in [0.25, 0.3) is 0 Å². The molecule has 4 rings (SSSR count). The van der Waals surface area contributed by atoms with E-state index < -0.39 is 0 Å². The molecule has 2 heterocycles. The Morgan fingerprint density at radius 2 is 2.24 bits per heavy atom. The van der Waals surface area contributed by atoms with Crippen molar-refractivity contribution in [1.82, 2.24) is 9.88 Å². The van der Waals surface area contributed by atoms with E-state index in [1.54, 1.807) is 17.2 Å². The minimum Gasteiger partial charge on any atom is -0.493 e. The highest BCUT2D eigenvalue weighted by atomic mass is 19.1. The largest absolute Gasteiger partial charge is 0.493 e. The van der Waals surface area contributed by atoms with Crippen LogP contribution in [0, 0.1) is 11.7 Å². The molecule has 1 spiro atoms. The smallest absolute Gasteiger partial charge is 0.226 e. The molecule has 1 unspecified atom stereocenters. The second-order valence-corrected chi connectivity index (χ2v) is 7.03. The summed E-state index contributed by atoms with van der Waals surface area (Å²) in [5, 5.41) is 0. The van der Waals surface area contributed by atoms with E-state index in [4.69, 9.17) is 4.74 Å². The summed E-state index contributed by atoms with van der Waals surface area (Å²) in [4.78, 5) is 19.2. The van der Waals surface area contributed by atoms with E-state index in [0.29, 0.717) is 12.4 Å². The molecule has 1 fully saturated rings. The van der Waals surface area contributed by atoms with Crippen LogP contribution in [0.5, 0.6) is 5.75 Å². The SMILES string of the molecule is CC(c1ccccn1)N(C)C(=O)[C@H]1C[C@@]12CCOc1ccc(F)cc12. The van der Waals surface area contributed by atoms with Gasteiger partial charge in [-0.2, -0.15) is 0 Å². The molecule has 2 aliphatic rings. The number of amides is 1. The number of aromatic nitrogens is 1. The molecule has 0 N–H and O–H groups in total. The first kappa shape index (κ1) is 16.1. The van der Waals surface area contributed by atoms with E-state index in [-0.39, 0.29) is 29.1 Å². The molecule has 1 amide bonds. The van der Waals surface area contributed by atoms with Crippen molar-refractivity contribution < 1.29 is 13.9 Å². The van der Waals surface area contributed by atoms with Crippen molar-refractivity contribution in [3.05, 3.63) is 59.7 Å². The molecule has 0 radical (unpaired) electrons. The number of carbonyl (C=O) groups excluding carboxylic acids is 1. The van der Waals surface area contributed by atoms with Gasteiger partial charge in [0.1, 0.15) is 11.6 Å². The number of rotatable bonds is 3. The van der Waals surface area contributed by atoms with Crippen molar-refractivity contribution in [3.63, 3.8) is 0 Å². The highest BCUT2D eigenvalue weighted by molar-refractivity contribution is 5.85. The fourth-order valence-corrected chi connectivity index (χ4v) is 3.96. The Kier molecular flexibility index (Phi) is 3.74. The number of hydrogen-bond donors (Lipinski definition) is 0. The Balaban J connectivity index is 1.57. The average Bonchev–Trinajstić information content (AvgIpc) is 3.36. The van der Waals surface area contributed by atoms with Crippen LogP contribution < -0.4 is 4.74 Å². The summed E-state index contributed by atoms with van der Waals surface area (Å²) in [6, 6.07) is 10.2. The van der Waals surface area contributed by atoms with Gasteiger partial charge in [0.15, 0.2) is 0 Å². The predicted molar refractivity (Wildman–Crippen MR) is 91.7 cm³/mol. The topological polar surface area (TPSA) is 42.4 Å². The Bertz CT molecular complexity index is 811. The van der Waals surface area contributed by atoms with Gasteiger partial charge in [0.2, 0.25) is 5.91 Å². The third kappa shape index (κ3) is 2.58. The number of pyridine rings is 1. The van der Waals surface area contributed by atoms with E-state index in [2.05, 4.69) is 4.98 Å². The first-order valence-electron chi connectivity index (χ1n) is 8.63. The molecule has 2 aromatic rings. The molecule has 1 aliphatic heterocycles. The van der Waals surface area contributed by atoms with Crippen molar-refractivity contribution in [2.45, 2.75) is 31.2 Å². The van der Waals surface area contributed by atoms with Crippen LogP contribution in [0.25, 0.3) is 0 Å². The number of nitrogens with zero attached hydrogens (tertiary/aromatic N) is 2. The fraction of sp³-hybridized carbons (Fsp3) is 0.400. The van der Waals surface area contributed by atoms with Gasteiger partial charge in [-0.3, -0.25) is 9.78 Å². The molecule has 4 nitrogen and oxygen atoms in total. The van der Waals surface area contributed by atoms with Crippen LogP contribution >= 0.6 is 0 Å². The number of benzene rings is 1. The molecule has 25 heavy (non-hydrogen) atoms. The minimum absolute atomic E-state index is 0.0928. The molecule has 5 heteroatoms. The summed E-state index contributed by atoms with van der Waals surface area (Å²) in [7, 11) is 1.82. The first-order chi connectivity index (χ1) is 12.0. The van der Waals surface area contributed by atoms with Gasteiger partial charge in [0.05, 0.1) is 18.3 Å². The molecular weight excluding hydrogens is 319 g/mol. The predicted octanol–water partition coefficient (Wildman–Crippen LogP) is 3.48. The van der Waals surface area contributed by atoms with E-state index in [0.717, 1.165) is 24.1 Å². The van der Waals surface area contributed by atoms with E-state index in [9.17, 15) is 9.18 Å². The third-order valence-electron chi connectivity index (χ3n) is 5.70. The third-order valence-corrected chi connectivity index (χ3v) is 5.70. The van der Waals surface area contributed by atoms with Crippen molar-refractivity contribution in [1.29, 1.82) is 0 Å². The molecular formula is C20H21FN2O2. The monoisotopic (exact) mass is 340 g/mol. The van der Waals surface area contributed by atoms with Crippen LogP contribution in [-0.4, -0.2) is 29.4 Å². The highest BCUT2D eigenvalue weighted by Crippen LogP contribution is 2.61. The lowest BCUT2D eigenvalue weighted by molar-refractivity contribution is -0.133. The maximum Gasteiger partial charge on any atom is 0.226 e. The summed E-state index contributed by atoms with van der Waals surface area (Å²) >= 11 is 0. The summed E-state index contributed by atoms with van der Waals surface area (Å²) in [5.41, 5.74) is 1.44. The normalized spacial score (nSPS) is 25.0. The van der Waals surface area contributed by atoms with E-state index in [1.807, 2.05) is 32.2 Å². The lowest BCUT2D eigenvalue weighted by Crippen LogP contribution is -2.34. The average molecular weight is 340 g/mol. The van der Waals surface area contributed by atoms with Crippen molar-refractivity contribution >= 4 is 5.91 Å². The van der Waals surface area contributed by atoms with Crippen LogP contribution in [0.3, 0.4) is 0 Å². The zero-order valence-corrected chi connectivity index (χ0v) is 14.4. The second kappa shape index (κ2) is 5.83. The maximum absolute atomic E-state index is 13.7. The molecule has 1 saturated carbocycles. The quantitative estimate of drug-likeness (QED) is 0.859. The van der Waals surface area contributed by atoms with Gasteiger partial charge in [-0.15, -0.1) is 0 Å². The Labute approximate surface area is 146 Å². The standard InChI is InChI=1S/C20H21FN2O2/c1-13(17-5-3-4-9-22-17)23(2)19(24)16-12-20(16)8-10-25-18-7-6-14(21)11-15(18)20/h3-7,9,11,13,16H,8,10,12H2,1-2H3/t13?,16-,20-/m1/s1. The zero-order valence-electron chi connectivity index (χ0n) is 14.4. The van der Waals surface area contributed by atoms with Crippen LogP contribution in [0.2, 0.25) is 0 Å². The van der Waals surface area contributed by atoms with Crippen molar-refractivity contribution in [2.75, 3.05) is 13.7 Å². The minimum atomic E-state index is -0.281. The van der Waals surface area contributed by atoms with E-state index >= 15 is 0 Å². The summed E-state index contributed by atoms with van der Waals surface area (Å²) in [5.74, 6) is 0.406. The van der Waals surface area contributed by atoms with Crippen LogP contribution in [0.4, 0.5) is 4.39 Å². The van der Waals surface area contributed by atoms with E-state index in [1.165, 1.54) is 12.1 Å². The van der Waals surface area contributed by atoms with Crippen LogP contribution in [0.15, 0.2) is 42.6 Å². The van der Waals surface area contributed by atoms with Gasteiger partial charge < -0.3 is 9.64 Å². The Hall–Kier alpha value is -2.43. The lowest BCUT2D eigenvalue weighted by Gasteiger charge is -2.29. The lowest BCUT2D eigenvalue weighted by atomic mass is 9.87. The Morgan fingerprint density at radius 3 is 3.00 bits per heavy atom. The van der Waals surface area contributed by atoms with Crippen molar-refractivity contribution in [2.24, 2.45) is 5.92 Å². The Morgan fingerprint density at radius 1 is 1.40 bits per heavy atom. The summed E-state index contributed by atoms with van der Waals surface area (Å²) in [6.45, 7) is 2.55. The number of ether oxygens (including phenoxy) is 1. The molecule has 0 bridgehead atoms. The summed E-state index contributed by atoms with van der Waals surface area (Å²) in [6.07, 6.45) is 3.25. The maximum atomic E-state index is 13.7. The van der Waals surface area contributed by atoms with Gasteiger partial charge in [0, 0.05) is 30.1 Å². The fourth-order valence-electron chi connectivity index (χ4n) is 3.96. The number of carbonyl (C=O) groups is 1. The van der Waals surface area contributed by atoms with Gasteiger partial charge in [-0.1, -0.05) is 6.07 Å². The molecule has 130 valence electrons. The van der Waals surface area contributed by atoms with Crippen molar-refractivity contribution in [3.8, 4) is 5.75 Å². The molecule has 1 aromatic heterocycles. The van der Waals surface area contributed by atoms with Crippen LogP contribution in [0.1, 0.15) is 37.1 Å². The number of fused-ring (bicyclic) bond motifs is 2. The van der Waals surface area contributed by atoms with Gasteiger partial charge >= 0.3 is 0 Å². The molecule has 3 atom stereocenters. The highest BCUT2D eigenvalue weighted by Gasteiger charge is 2.62. The van der Waals surface area contributed by atoms with Gasteiger partial charge in [-0.05, 0) is 50.1 Å². The molecule has 0 saturated heterocycles.